The van der Waals surface area contributed by atoms with Crippen molar-refractivity contribution in [2.75, 3.05) is 31.6 Å². The molecule has 0 bridgehead atoms. The first-order chi connectivity index (χ1) is 12.2. The van der Waals surface area contributed by atoms with Crippen molar-refractivity contribution in [3.05, 3.63) is 42.2 Å². The molecular weight excluding hydrogens is 318 g/mol. The summed E-state index contributed by atoms with van der Waals surface area (Å²) in [5.74, 6) is 1.44. The second kappa shape index (κ2) is 6.80. The standard InChI is InChI=1S/C19H23N3O3/c1-14-16-3-2-7-22(16)10-9-21(14)8-6-19(23)20-15-4-5-17-18(13-15)25-12-11-24-17/h2-5,7,13-14H,6,8-12H2,1H3,(H,20,23)/t14-/m0/s1. The predicted octanol–water partition coefficient (Wildman–Crippen LogP) is 2.66. The maximum absolute atomic E-state index is 12.3. The number of carbonyl (C=O) groups is 1. The van der Waals surface area contributed by atoms with E-state index in [1.54, 1.807) is 0 Å². The van der Waals surface area contributed by atoms with Gasteiger partial charge in [-0.25, -0.2) is 0 Å². The van der Waals surface area contributed by atoms with E-state index in [1.807, 2.05) is 18.2 Å². The molecule has 1 atom stereocenters. The second-order valence-corrected chi connectivity index (χ2v) is 6.50. The van der Waals surface area contributed by atoms with Gasteiger partial charge in [0.15, 0.2) is 11.5 Å². The quantitative estimate of drug-likeness (QED) is 0.929. The summed E-state index contributed by atoms with van der Waals surface area (Å²) in [6.07, 6.45) is 2.59. The summed E-state index contributed by atoms with van der Waals surface area (Å²) in [5.41, 5.74) is 2.06. The van der Waals surface area contributed by atoms with Crippen molar-refractivity contribution in [3.8, 4) is 11.5 Å². The minimum Gasteiger partial charge on any atom is -0.486 e. The van der Waals surface area contributed by atoms with E-state index in [0.29, 0.717) is 31.4 Å². The molecule has 4 rings (SSSR count). The summed E-state index contributed by atoms with van der Waals surface area (Å²) in [7, 11) is 0. The number of rotatable bonds is 4. The van der Waals surface area contributed by atoms with Crippen molar-refractivity contribution in [1.29, 1.82) is 0 Å². The molecule has 2 aromatic rings. The molecule has 1 aromatic carbocycles. The molecule has 0 saturated carbocycles. The maximum atomic E-state index is 12.3. The number of fused-ring (bicyclic) bond motifs is 2. The average molecular weight is 341 g/mol. The van der Waals surface area contributed by atoms with Gasteiger partial charge in [-0.15, -0.1) is 0 Å². The molecule has 6 nitrogen and oxygen atoms in total. The number of hydrogen-bond donors (Lipinski definition) is 1. The molecule has 2 aliphatic rings. The van der Waals surface area contributed by atoms with Gasteiger partial charge in [0, 0.05) is 55.7 Å². The highest BCUT2D eigenvalue weighted by atomic mass is 16.6. The first-order valence-corrected chi connectivity index (χ1v) is 8.79. The molecule has 1 amide bonds. The summed E-state index contributed by atoms with van der Waals surface area (Å²) in [4.78, 5) is 14.7. The van der Waals surface area contributed by atoms with Crippen molar-refractivity contribution in [1.82, 2.24) is 9.47 Å². The number of amides is 1. The van der Waals surface area contributed by atoms with Crippen LogP contribution in [0.4, 0.5) is 5.69 Å². The van der Waals surface area contributed by atoms with Crippen LogP contribution in [0, 0.1) is 0 Å². The highest BCUT2D eigenvalue weighted by Crippen LogP contribution is 2.32. The zero-order valence-electron chi connectivity index (χ0n) is 14.4. The highest BCUT2D eigenvalue weighted by Gasteiger charge is 2.23. The largest absolute Gasteiger partial charge is 0.486 e. The fraction of sp³-hybridized carbons (Fsp3) is 0.421. The Morgan fingerprint density at radius 3 is 2.92 bits per heavy atom. The van der Waals surface area contributed by atoms with Crippen LogP contribution in [0.2, 0.25) is 0 Å². The second-order valence-electron chi connectivity index (χ2n) is 6.50. The number of aromatic nitrogens is 1. The average Bonchev–Trinajstić information content (AvgIpc) is 3.11. The van der Waals surface area contributed by atoms with Crippen molar-refractivity contribution >= 4 is 11.6 Å². The van der Waals surface area contributed by atoms with Crippen molar-refractivity contribution in [2.24, 2.45) is 0 Å². The smallest absolute Gasteiger partial charge is 0.225 e. The monoisotopic (exact) mass is 341 g/mol. The minimum atomic E-state index is 0.0184. The molecule has 3 heterocycles. The van der Waals surface area contributed by atoms with Gasteiger partial charge in [0.25, 0.3) is 0 Å². The van der Waals surface area contributed by atoms with Crippen LogP contribution in [-0.2, 0) is 11.3 Å². The lowest BCUT2D eigenvalue weighted by Crippen LogP contribution is -2.38. The summed E-state index contributed by atoms with van der Waals surface area (Å²) in [5, 5.41) is 2.95. The number of carbonyl (C=O) groups excluding carboxylic acids is 1. The van der Waals surface area contributed by atoms with E-state index in [9.17, 15) is 4.79 Å². The fourth-order valence-electron chi connectivity index (χ4n) is 3.52. The fourth-order valence-corrected chi connectivity index (χ4v) is 3.52. The molecule has 132 valence electrons. The lowest BCUT2D eigenvalue weighted by molar-refractivity contribution is -0.116. The van der Waals surface area contributed by atoms with Gasteiger partial charge in [-0.2, -0.15) is 0 Å². The van der Waals surface area contributed by atoms with Crippen molar-refractivity contribution < 1.29 is 14.3 Å². The molecule has 0 unspecified atom stereocenters. The summed E-state index contributed by atoms with van der Waals surface area (Å²) >= 11 is 0. The van der Waals surface area contributed by atoms with E-state index >= 15 is 0 Å². The van der Waals surface area contributed by atoms with E-state index in [2.05, 4.69) is 40.0 Å². The van der Waals surface area contributed by atoms with Crippen LogP contribution in [0.15, 0.2) is 36.5 Å². The zero-order valence-corrected chi connectivity index (χ0v) is 14.4. The third-order valence-corrected chi connectivity index (χ3v) is 4.92. The molecule has 0 saturated heterocycles. The van der Waals surface area contributed by atoms with Gasteiger partial charge in [0.2, 0.25) is 5.91 Å². The molecule has 0 fully saturated rings. The Morgan fingerprint density at radius 2 is 2.04 bits per heavy atom. The molecule has 2 aliphatic heterocycles. The predicted molar refractivity (Wildman–Crippen MR) is 95.1 cm³/mol. The molecule has 1 aromatic heterocycles. The number of hydrogen-bond acceptors (Lipinski definition) is 4. The lowest BCUT2D eigenvalue weighted by Gasteiger charge is -2.34. The topological polar surface area (TPSA) is 55.7 Å². The van der Waals surface area contributed by atoms with Gasteiger partial charge in [-0.1, -0.05) is 0 Å². The third kappa shape index (κ3) is 3.35. The number of ether oxygens (including phenoxy) is 2. The summed E-state index contributed by atoms with van der Waals surface area (Å²) in [6, 6.07) is 10.1. The van der Waals surface area contributed by atoms with E-state index in [-0.39, 0.29) is 5.91 Å². The summed E-state index contributed by atoms with van der Waals surface area (Å²) in [6.45, 7) is 6.01. The van der Waals surface area contributed by atoms with Gasteiger partial charge in [0.05, 0.1) is 0 Å². The Balaban J connectivity index is 1.32. The van der Waals surface area contributed by atoms with Gasteiger partial charge < -0.3 is 19.4 Å². The molecule has 1 N–H and O–H groups in total. The Bertz CT molecular complexity index is 771. The van der Waals surface area contributed by atoms with Crippen LogP contribution in [0.25, 0.3) is 0 Å². The van der Waals surface area contributed by atoms with Crippen LogP contribution in [-0.4, -0.2) is 41.7 Å². The van der Waals surface area contributed by atoms with Crippen LogP contribution >= 0.6 is 0 Å². The Morgan fingerprint density at radius 1 is 1.20 bits per heavy atom. The van der Waals surface area contributed by atoms with E-state index in [4.69, 9.17) is 9.47 Å². The molecule has 25 heavy (non-hydrogen) atoms. The van der Waals surface area contributed by atoms with Gasteiger partial charge in [-0.3, -0.25) is 9.69 Å². The number of nitrogens with one attached hydrogen (secondary N) is 1. The van der Waals surface area contributed by atoms with Crippen LogP contribution in [0.3, 0.4) is 0 Å². The van der Waals surface area contributed by atoms with Crippen LogP contribution in [0.5, 0.6) is 11.5 Å². The number of anilines is 1. The Hall–Kier alpha value is -2.47. The van der Waals surface area contributed by atoms with E-state index in [1.165, 1.54) is 5.69 Å². The number of benzene rings is 1. The molecule has 0 radical (unpaired) electrons. The van der Waals surface area contributed by atoms with Gasteiger partial charge in [0.1, 0.15) is 13.2 Å². The minimum absolute atomic E-state index is 0.0184. The van der Waals surface area contributed by atoms with Crippen molar-refractivity contribution in [2.45, 2.75) is 25.9 Å². The zero-order chi connectivity index (χ0) is 17.2. The van der Waals surface area contributed by atoms with Crippen LogP contribution in [0.1, 0.15) is 25.1 Å². The Kier molecular flexibility index (Phi) is 4.36. The first kappa shape index (κ1) is 16.0. The molecule has 0 aliphatic carbocycles. The van der Waals surface area contributed by atoms with Gasteiger partial charge >= 0.3 is 0 Å². The normalized spacial score (nSPS) is 19.3. The third-order valence-electron chi connectivity index (χ3n) is 4.92. The van der Waals surface area contributed by atoms with Crippen LogP contribution < -0.4 is 14.8 Å². The Labute approximate surface area is 147 Å². The molecule has 0 spiro atoms. The van der Waals surface area contributed by atoms with Gasteiger partial charge in [-0.05, 0) is 31.2 Å². The van der Waals surface area contributed by atoms with Crippen molar-refractivity contribution in [3.63, 3.8) is 0 Å². The lowest BCUT2D eigenvalue weighted by atomic mass is 10.1. The van der Waals surface area contributed by atoms with E-state index < -0.39 is 0 Å². The van der Waals surface area contributed by atoms with E-state index in [0.717, 1.165) is 31.1 Å². The highest BCUT2D eigenvalue weighted by molar-refractivity contribution is 5.91. The summed E-state index contributed by atoms with van der Waals surface area (Å²) < 4.78 is 13.3. The molecular formula is C19H23N3O3. The molecule has 6 heteroatoms. The first-order valence-electron chi connectivity index (χ1n) is 8.79. The number of nitrogens with zero attached hydrogens (tertiary/aromatic N) is 2. The maximum Gasteiger partial charge on any atom is 0.225 e. The SMILES string of the molecule is C[C@H]1c2cccn2CCN1CCC(=O)Nc1ccc2c(c1)OCCO2.